The van der Waals surface area contributed by atoms with Crippen LogP contribution in [0.4, 0.5) is 0 Å². The Hall–Kier alpha value is -1.62. The van der Waals surface area contributed by atoms with Gasteiger partial charge in [-0.05, 0) is 19.8 Å². The molecule has 1 aromatic heterocycles. The van der Waals surface area contributed by atoms with Crippen LogP contribution in [-0.4, -0.2) is 34.3 Å². The lowest BCUT2D eigenvalue weighted by Gasteiger charge is -2.44. The molecule has 0 aromatic carbocycles. The van der Waals surface area contributed by atoms with E-state index >= 15 is 0 Å². The van der Waals surface area contributed by atoms with E-state index in [0.717, 1.165) is 12.0 Å². The zero-order valence-corrected chi connectivity index (χ0v) is 11.3. The van der Waals surface area contributed by atoms with E-state index in [1.807, 2.05) is 18.4 Å². The summed E-state index contributed by atoms with van der Waals surface area (Å²) in [7, 11) is 0. The van der Waals surface area contributed by atoms with Crippen molar-refractivity contribution in [3.8, 4) is 0 Å². The van der Waals surface area contributed by atoms with Crippen molar-refractivity contribution >= 4 is 5.91 Å². The molecule has 3 rings (SSSR count). The fourth-order valence-corrected chi connectivity index (χ4v) is 2.87. The average molecular weight is 262 g/mol. The molecule has 0 radical (unpaired) electrons. The number of fused-ring (bicyclic) bond motifs is 2. The summed E-state index contributed by atoms with van der Waals surface area (Å²) in [5.41, 5.74) is 1.18. The van der Waals surface area contributed by atoms with E-state index in [0.29, 0.717) is 25.3 Å². The second-order valence-corrected chi connectivity index (χ2v) is 5.23. The second-order valence-electron chi connectivity index (χ2n) is 5.23. The molecule has 1 aromatic rings. The highest BCUT2D eigenvalue weighted by Crippen LogP contribution is 2.25. The molecule has 0 bridgehead atoms. The number of carbonyl (C=O) groups is 1. The molecular formula is C14H18N2O3. The smallest absolute Gasteiger partial charge is 0.272 e. The van der Waals surface area contributed by atoms with E-state index in [2.05, 4.69) is 0 Å². The van der Waals surface area contributed by atoms with Gasteiger partial charge in [0.05, 0.1) is 13.2 Å². The normalized spacial score (nSPS) is 26.0. The highest BCUT2D eigenvalue weighted by atomic mass is 16.5. The zero-order valence-electron chi connectivity index (χ0n) is 11.3. The fraction of sp³-hybridized carbons (Fsp3) is 0.571. The minimum Gasteiger partial charge on any atom is -0.356 e. The SMILES string of the molecule is CCc1cn2c(cc1=O)C(=O)N1[C@H](C)CCO[C@H]1C2. The summed E-state index contributed by atoms with van der Waals surface area (Å²) in [6.45, 7) is 5.27. The minimum atomic E-state index is -0.198. The van der Waals surface area contributed by atoms with Gasteiger partial charge in [-0.25, -0.2) is 0 Å². The molecule has 5 heteroatoms. The van der Waals surface area contributed by atoms with E-state index in [1.54, 1.807) is 11.1 Å². The first-order valence-corrected chi connectivity index (χ1v) is 6.79. The number of aryl methyl sites for hydroxylation is 1. The highest BCUT2D eigenvalue weighted by Gasteiger charge is 2.38. The lowest BCUT2D eigenvalue weighted by atomic mass is 10.1. The Labute approximate surface area is 111 Å². The van der Waals surface area contributed by atoms with E-state index in [1.165, 1.54) is 6.07 Å². The molecule has 3 heterocycles. The van der Waals surface area contributed by atoms with Gasteiger partial charge in [-0.15, -0.1) is 0 Å². The molecule has 2 aliphatic heterocycles. The number of aromatic nitrogens is 1. The number of nitrogens with zero attached hydrogens (tertiary/aromatic N) is 2. The highest BCUT2D eigenvalue weighted by molar-refractivity contribution is 5.93. The van der Waals surface area contributed by atoms with Gasteiger partial charge >= 0.3 is 0 Å². The predicted molar refractivity (Wildman–Crippen MR) is 70.1 cm³/mol. The average Bonchev–Trinajstić information content (AvgIpc) is 2.39. The van der Waals surface area contributed by atoms with Gasteiger partial charge in [-0.1, -0.05) is 6.92 Å². The van der Waals surface area contributed by atoms with Crippen LogP contribution in [0.25, 0.3) is 0 Å². The number of hydrogen-bond donors (Lipinski definition) is 0. The molecule has 0 saturated carbocycles. The quantitative estimate of drug-likeness (QED) is 0.758. The van der Waals surface area contributed by atoms with Gasteiger partial charge in [-0.3, -0.25) is 9.59 Å². The molecule has 1 fully saturated rings. The van der Waals surface area contributed by atoms with Crippen LogP contribution in [0.1, 0.15) is 36.3 Å². The second kappa shape index (κ2) is 4.49. The summed E-state index contributed by atoms with van der Waals surface area (Å²) in [5.74, 6) is -0.0943. The Morgan fingerprint density at radius 3 is 2.95 bits per heavy atom. The third kappa shape index (κ3) is 1.89. The summed E-state index contributed by atoms with van der Waals surface area (Å²) in [6, 6.07) is 1.64. The zero-order chi connectivity index (χ0) is 13.6. The summed E-state index contributed by atoms with van der Waals surface area (Å²) in [4.78, 5) is 26.2. The maximum Gasteiger partial charge on any atom is 0.272 e. The Morgan fingerprint density at radius 1 is 1.42 bits per heavy atom. The monoisotopic (exact) mass is 262 g/mol. The number of pyridine rings is 1. The van der Waals surface area contributed by atoms with E-state index < -0.39 is 0 Å². The summed E-state index contributed by atoms with van der Waals surface area (Å²) in [6.07, 6.45) is 3.13. The number of carbonyl (C=O) groups excluding carboxylic acids is 1. The Morgan fingerprint density at radius 2 is 2.21 bits per heavy atom. The number of hydrogen-bond acceptors (Lipinski definition) is 3. The molecule has 0 unspecified atom stereocenters. The lowest BCUT2D eigenvalue weighted by molar-refractivity contribution is -0.112. The van der Waals surface area contributed by atoms with Crippen molar-refractivity contribution in [1.29, 1.82) is 0 Å². The van der Waals surface area contributed by atoms with Crippen LogP contribution in [0, 0.1) is 0 Å². The van der Waals surface area contributed by atoms with Gasteiger partial charge in [-0.2, -0.15) is 0 Å². The summed E-state index contributed by atoms with van der Waals surface area (Å²) < 4.78 is 7.55. The van der Waals surface area contributed by atoms with Crippen molar-refractivity contribution in [2.75, 3.05) is 6.61 Å². The molecular weight excluding hydrogens is 244 g/mol. The molecule has 19 heavy (non-hydrogen) atoms. The molecule has 0 aliphatic carbocycles. The van der Waals surface area contributed by atoms with E-state index in [9.17, 15) is 9.59 Å². The predicted octanol–water partition coefficient (Wildman–Crippen LogP) is 1.00. The van der Waals surface area contributed by atoms with Gasteiger partial charge in [0.2, 0.25) is 0 Å². The van der Waals surface area contributed by atoms with Crippen molar-refractivity contribution < 1.29 is 9.53 Å². The summed E-state index contributed by atoms with van der Waals surface area (Å²) >= 11 is 0. The van der Waals surface area contributed by atoms with Crippen LogP contribution >= 0.6 is 0 Å². The van der Waals surface area contributed by atoms with Crippen LogP contribution in [0.5, 0.6) is 0 Å². The number of ether oxygens (including phenoxy) is 1. The van der Waals surface area contributed by atoms with Crippen LogP contribution in [-0.2, 0) is 17.7 Å². The van der Waals surface area contributed by atoms with Crippen molar-refractivity contribution in [1.82, 2.24) is 9.47 Å². The molecule has 1 saturated heterocycles. The van der Waals surface area contributed by atoms with Gasteiger partial charge in [0.15, 0.2) is 11.7 Å². The van der Waals surface area contributed by atoms with E-state index in [-0.39, 0.29) is 23.6 Å². The third-order valence-corrected chi connectivity index (χ3v) is 4.02. The van der Waals surface area contributed by atoms with Gasteiger partial charge in [0.1, 0.15) is 5.69 Å². The molecule has 5 nitrogen and oxygen atoms in total. The number of amides is 1. The first-order chi connectivity index (χ1) is 9.11. The van der Waals surface area contributed by atoms with E-state index in [4.69, 9.17) is 4.74 Å². The Bertz CT molecular complexity index is 579. The minimum absolute atomic E-state index is 0.0499. The molecule has 2 aliphatic rings. The van der Waals surface area contributed by atoms with Crippen LogP contribution in [0.2, 0.25) is 0 Å². The molecule has 1 amide bonds. The lowest BCUT2D eigenvalue weighted by Crippen LogP contribution is -2.56. The molecule has 2 atom stereocenters. The van der Waals surface area contributed by atoms with Crippen LogP contribution in [0.3, 0.4) is 0 Å². The van der Waals surface area contributed by atoms with Crippen molar-refractivity contribution in [2.45, 2.75) is 45.5 Å². The van der Waals surface area contributed by atoms with Crippen LogP contribution < -0.4 is 5.43 Å². The topological polar surface area (TPSA) is 51.5 Å². The van der Waals surface area contributed by atoms with Crippen LogP contribution in [0.15, 0.2) is 17.1 Å². The largest absolute Gasteiger partial charge is 0.356 e. The third-order valence-electron chi connectivity index (χ3n) is 4.02. The van der Waals surface area contributed by atoms with Crippen molar-refractivity contribution in [3.63, 3.8) is 0 Å². The fourth-order valence-electron chi connectivity index (χ4n) is 2.87. The molecule has 0 N–H and O–H groups in total. The first kappa shape index (κ1) is 12.4. The Balaban J connectivity index is 2.08. The molecule has 0 spiro atoms. The Kier molecular flexibility index (Phi) is 2.93. The first-order valence-electron chi connectivity index (χ1n) is 6.79. The maximum atomic E-state index is 12.5. The molecule has 102 valence electrons. The standard InChI is InChI=1S/C14H18N2O3/c1-3-10-7-15-8-13-16(9(2)4-5-19-13)14(18)11(15)6-12(10)17/h6-7,9,13H,3-5,8H2,1-2H3/t9-,13+/m1/s1. The van der Waals surface area contributed by atoms with Crippen molar-refractivity contribution in [2.24, 2.45) is 0 Å². The van der Waals surface area contributed by atoms with Gasteiger partial charge < -0.3 is 14.2 Å². The van der Waals surface area contributed by atoms with Gasteiger partial charge in [0.25, 0.3) is 5.91 Å². The maximum absolute atomic E-state index is 12.5. The van der Waals surface area contributed by atoms with Crippen molar-refractivity contribution in [3.05, 3.63) is 33.7 Å². The van der Waals surface area contributed by atoms with Gasteiger partial charge in [0, 0.05) is 23.9 Å². The number of rotatable bonds is 1. The summed E-state index contributed by atoms with van der Waals surface area (Å²) in [5, 5.41) is 0.